The Hall–Kier alpha value is -2.54. The zero-order valence-corrected chi connectivity index (χ0v) is 12.4. The predicted octanol–water partition coefficient (Wildman–Crippen LogP) is 1.64. The summed E-state index contributed by atoms with van der Waals surface area (Å²) >= 11 is 1.38. The van der Waals surface area contributed by atoms with Crippen molar-refractivity contribution in [1.82, 2.24) is 10.6 Å². The Morgan fingerprint density at radius 3 is 2.59 bits per heavy atom. The minimum Gasteiger partial charge on any atom is -0.454 e. The molecule has 1 aliphatic heterocycles. The van der Waals surface area contributed by atoms with E-state index in [9.17, 15) is 9.59 Å². The lowest BCUT2D eigenvalue weighted by molar-refractivity contribution is 0.0929. The topological polar surface area (TPSA) is 76.7 Å². The normalized spacial score (nSPS) is 12.0. The highest BCUT2D eigenvalue weighted by Gasteiger charge is 2.16. The SMILES string of the molecule is O=C(NCCNC(=O)c1cccs1)c1ccc2c(c1)OCO2. The molecule has 2 heterocycles. The van der Waals surface area contributed by atoms with Crippen molar-refractivity contribution >= 4 is 23.2 Å². The molecule has 2 N–H and O–H groups in total. The van der Waals surface area contributed by atoms with Crippen molar-refractivity contribution in [3.05, 3.63) is 46.2 Å². The van der Waals surface area contributed by atoms with Gasteiger partial charge < -0.3 is 20.1 Å². The number of nitrogens with one attached hydrogen (secondary N) is 2. The third kappa shape index (κ3) is 3.20. The lowest BCUT2D eigenvalue weighted by atomic mass is 10.2. The van der Waals surface area contributed by atoms with E-state index in [1.165, 1.54) is 11.3 Å². The molecule has 0 atom stereocenters. The molecule has 2 amide bonds. The Morgan fingerprint density at radius 2 is 1.82 bits per heavy atom. The summed E-state index contributed by atoms with van der Waals surface area (Å²) in [7, 11) is 0. The van der Waals surface area contributed by atoms with Gasteiger partial charge in [-0.1, -0.05) is 6.07 Å². The van der Waals surface area contributed by atoms with E-state index < -0.39 is 0 Å². The fourth-order valence-corrected chi connectivity index (χ4v) is 2.63. The average molecular weight is 318 g/mol. The van der Waals surface area contributed by atoms with E-state index >= 15 is 0 Å². The summed E-state index contributed by atoms with van der Waals surface area (Å²) in [6, 6.07) is 8.59. The molecule has 0 aliphatic carbocycles. The van der Waals surface area contributed by atoms with Crippen LogP contribution < -0.4 is 20.1 Å². The van der Waals surface area contributed by atoms with E-state index in [2.05, 4.69) is 10.6 Å². The monoisotopic (exact) mass is 318 g/mol. The predicted molar refractivity (Wildman–Crippen MR) is 81.6 cm³/mol. The molecule has 1 aliphatic rings. The average Bonchev–Trinajstić information content (AvgIpc) is 3.20. The Kier molecular flexibility index (Phi) is 4.24. The zero-order valence-electron chi connectivity index (χ0n) is 11.6. The summed E-state index contributed by atoms with van der Waals surface area (Å²) in [5.41, 5.74) is 0.494. The van der Waals surface area contributed by atoms with Gasteiger partial charge >= 0.3 is 0 Å². The van der Waals surface area contributed by atoms with Crippen LogP contribution in [0.1, 0.15) is 20.0 Å². The van der Waals surface area contributed by atoms with E-state index in [1.807, 2.05) is 11.4 Å². The van der Waals surface area contributed by atoms with Crippen LogP contribution in [0.4, 0.5) is 0 Å². The molecule has 6 nitrogen and oxygen atoms in total. The Labute approximate surface area is 131 Å². The van der Waals surface area contributed by atoms with Gasteiger partial charge in [0, 0.05) is 18.7 Å². The van der Waals surface area contributed by atoms with Gasteiger partial charge in [0.2, 0.25) is 6.79 Å². The second-order valence-corrected chi connectivity index (χ2v) is 5.50. The maximum Gasteiger partial charge on any atom is 0.261 e. The van der Waals surface area contributed by atoms with Gasteiger partial charge in [-0.15, -0.1) is 11.3 Å². The number of carbonyl (C=O) groups excluding carboxylic acids is 2. The van der Waals surface area contributed by atoms with Crippen molar-refractivity contribution in [2.45, 2.75) is 0 Å². The molecule has 114 valence electrons. The lowest BCUT2D eigenvalue weighted by Crippen LogP contribution is -2.34. The van der Waals surface area contributed by atoms with E-state index in [-0.39, 0.29) is 18.6 Å². The molecule has 0 spiro atoms. The molecule has 1 aromatic heterocycles. The van der Waals surface area contributed by atoms with Crippen LogP contribution in [-0.2, 0) is 0 Å². The van der Waals surface area contributed by atoms with Gasteiger partial charge in [0.05, 0.1) is 4.88 Å². The summed E-state index contributed by atoms with van der Waals surface area (Å²) < 4.78 is 10.4. The maximum atomic E-state index is 12.0. The van der Waals surface area contributed by atoms with Crippen LogP contribution in [0.25, 0.3) is 0 Å². The molecule has 0 radical (unpaired) electrons. The van der Waals surface area contributed by atoms with E-state index in [0.29, 0.717) is 35.0 Å². The fourth-order valence-electron chi connectivity index (χ4n) is 1.99. The van der Waals surface area contributed by atoms with E-state index in [4.69, 9.17) is 9.47 Å². The van der Waals surface area contributed by atoms with Crippen LogP contribution >= 0.6 is 11.3 Å². The number of hydrogen-bond donors (Lipinski definition) is 2. The molecule has 0 bridgehead atoms. The van der Waals surface area contributed by atoms with Gasteiger partial charge in [0.1, 0.15) is 0 Å². The number of fused-ring (bicyclic) bond motifs is 1. The van der Waals surface area contributed by atoms with Gasteiger partial charge in [0.15, 0.2) is 11.5 Å². The first-order chi connectivity index (χ1) is 10.7. The quantitative estimate of drug-likeness (QED) is 0.822. The first kappa shape index (κ1) is 14.4. The van der Waals surface area contributed by atoms with Crippen LogP contribution in [0.5, 0.6) is 11.5 Å². The lowest BCUT2D eigenvalue weighted by Gasteiger charge is -2.07. The highest BCUT2D eigenvalue weighted by Crippen LogP contribution is 2.32. The summed E-state index contributed by atoms with van der Waals surface area (Å²) in [5, 5.41) is 7.33. The van der Waals surface area contributed by atoms with Gasteiger partial charge in [-0.3, -0.25) is 9.59 Å². The summed E-state index contributed by atoms with van der Waals surface area (Å²) in [5.74, 6) is 0.856. The van der Waals surface area contributed by atoms with Gasteiger partial charge in [-0.2, -0.15) is 0 Å². The van der Waals surface area contributed by atoms with Crippen LogP contribution in [0.2, 0.25) is 0 Å². The minimum absolute atomic E-state index is 0.132. The molecule has 22 heavy (non-hydrogen) atoms. The Bertz CT molecular complexity index is 685. The van der Waals surface area contributed by atoms with E-state index in [1.54, 1.807) is 24.3 Å². The van der Waals surface area contributed by atoms with Crippen molar-refractivity contribution in [1.29, 1.82) is 0 Å². The second kappa shape index (κ2) is 6.48. The van der Waals surface area contributed by atoms with Gasteiger partial charge in [-0.05, 0) is 29.6 Å². The van der Waals surface area contributed by atoms with Crippen molar-refractivity contribution in [2.24, 2.45) is 0 Å². The first-order valence-corrected chi connectivity index (χ1v) is 7.61. The molecule has 1 aromatic carbocycles. The molecule has 2 aromatic rings. The van der Waals surface area contributed by atoms with Gasteiger partial charge in [-0.25, -0.2) is 0 Å². The number of ether oxygens (including phenoxy) is 2. The Morgan fingerprint density at radius 1 is 1.05 bits per heavy atom. The molecule has 3 rings (SSSR count). The molecule has 0 unspecified atom stereocenters. The molecular formula is C15H14N2O4S. The number of hydrogen-bond acceptors (Lipinski definition) is 5. The van der Waals surface area contributed by atoms with Crippen molar-refractivity contribution in [3.8, 4) is 11.5 Å². The van der Waals surface area contributed by atoms with Crippen molar-refractivity contribution in [3.63, 3.8) is 0 Å². The molecule has 0 fully saturated rings. The molecule has 0 saturated carbocycles. The number of carbonyl (C=O) groups is 2. The van der Waals surface area contributed by atoms with Crippen LogP contribution in [-0.4, -0.2) is 31.7 Å². The standard InChI is InChI=1S/C15H14N2O4S/c18-14(10-3-4-11-12(8-10)21-9-20-11)16-5-6-17-15(19)13-2-1-7-22-13/h1-4,7-8H,5-6,9H2,(H,16,18)(H,17,19). The summed E-state index contributed by atoms with van der Waals surface area (Å²) in [6.45, 7) is 0.895. The highest BCUT2D eigenvalue weighted by atomic mass is 32.1. The third-order valence-electron chi connectivity index (χ3n) is 3.08. The zero-order chi connectivity index (χ0) is 15.4. The minimum atomic E-state index is -0.219. The van der Waals surface area contributed by atoms with Crippen LogP contribution in [0.3, 0.4) is 0 Å². The number of benzene rings is 1. The Balaban J connectivity index is 1.45. The number of amides is 2. The maximum absolute atomic E-state index is 12.0. The van der Waals surface area contributed by atoms with Crippen molar-refractivity contribution < 1.29 is 19.1 Å². The smallest absolute Gasteiger partial charge is 0.261 e. The fraction of sp³-hybridized carbons (Fsp3) is 0.200. The molecule has 0 saturated heterocycles. The highest BCUT2D eigenvalue weighted by molar-refractivity contribution is 7.12. The summed E-state index contributed by atoms with van der Waals surface area (Å²) in [4.78, 5) is 24.4. The second-order valence-electron chi connectivity index (χ2n) is 4.56. The van der Waals surface area contributed by atoms with E-state index in [0.717, 1.165) is 0 Å². The summed E-state index contributed by atoms with van der Waals surface area (Å²) in [6.07, 6.45) is 0. The largest absolute Gasteiger partial charge is 0.454 e. The molecular weight excluding hydrogens is 304 g/mol. The van der Waals surface area contributed by atoms with Crippen LogP contribution in [0.15, 0.2) is 35.7 Å². The molecule has 7 heteroatoms. The van der Waals surface area contributed by atoms with Crippen LogP contribution in [0, 0.1) is 0 Å². The third-order valence-corrected chi connectivity index (χ3v) is 3.94. The van der Waals surface area contributed by atoms with Crippen molar-refractivity contribution in [2.75, 3.05) is 19.9 Å². The number of thiophene rings is 1. The number of rotatable bonds is 5. The first-order valence-electron chi connectivity index (χ1n) is 6.73. The van der Waals surface area contributed by atoms with Gasteiger partial charge in [0.25, 0.3) is 11.8 Å².